The van der Waals surface area contributed by atoms with Crippen molar-refractivity contribution in [2.75, 3.05) is 34.0 Å². The number of rotatable bonds is 16. The number of hydrogen-bond acceptors (Lipinski definition) is 7. The predicted octanol–water partition coefficient (Wildman–Crippen LogP) is 12.4. The molecule has 60 heavy (non-hydrogen) atoms. The van der Waals surface area contributed by atoms with Gasteiger partial charge in [-0.05, 0) is 90.2 Å². The monoisotopic (exact) mass is 885 g/mol. The van der Waals surface area contributed by atoms with Gasteiger partial charge in [-0.15, -0.1) is 6.58 Å². The molecule has 0 amide bonds. The normalized spacial score (nSPS) is 12.1. The maximum Gasteiger partial charge on any atom is 0.157 e. The Hall–Kier alpha value is -5.13. The molecule has 0 bridgehead atoms. The average molecular weight is 888 g/mol. The molecule has 7 aromatic rings. The van der Waals surface area contributed by atoms with E-state index < -0.39 is 17.5 Å². The van der Waals surface area contributed by atoms with Gasteiger partial charge < -0.3 is 28.3 Å². The molecule has 5 aromatic carbocycles. The molecule has 0 aliphatic carbocycles. The Kier molecular flexibility index (Phi) is 13.4. The first-order valence-corrected chi connectivity index (χ1v) is 20.3. The third-order valence-electron chi connectivity index (χ3n) is 10.2. The molecule has 7 rings (SSSR count). The molecular weight excluding hydrogens is 847 g/mol. The Morgan fingerprint density at radius 2 is 1.30 bits per heavy atom. The number of aromatic nitrogens is 3. The van der Waals surface area contributed by atoms with E-state index in [1.165, 1.54) is 18.5 Å². The molecule has 0 spiro atoms. The van der Waals surface area contributed by atoms with Gasteiger partial charge in [0.25, 0.3) is 0 Å². The third kappa shape index (κ3) is 8.18. The standard InChI is InChI=1S/C47H40Cl4FN3O5/c1-6-24-58-25-37(26-59-47(31-10-8-7-9-11-31,32-14-20-35(56-4)21-15-32)33-16-22-36(57-5)23-17-33)60-45-38(48)28(2)42(29(3)39(45)49)55-43(30-12-18-34(52)19-13-30)40(50)41-44(55)46(51)54-27-53-41/h6-23,27,37H,1,24-26H2,2-5H3/t37-/m1/s1. The highest BCUT2D eigenvalue weighted by atomic mass is 35.5. The minimum Gasteiger partial charge on any atom is -0.497 e. The van der Waals surface area contributed by atoms with Gasteiger partial charge in [-0.25, -0.2) is 14.4 Å². The molecule has 0 aliphatic rings. The van der Waals surface area contributed by atoms with Gasteiger partial charge in [-0.3, -0.25) is 0 Å². The summed E-state index contributed by atoms with van der Waals surface area (Å²) < 4.78 is 47.0. The van der Waals surface area contributed by atoms with Crippen LogP contribution in [0.25, 0.3) is 28.0 Å². The fraction of sp³-hybridized carbons (Fsp3) is 0.191. The van der Waals surface area contributed by atoms with Gasteiger partial charge in [0.1, 0.15) is 46.4 Å². The minimum atomic E-state index is -1.14. The number of hydrogen-bond donors (Lipinski definition) is 0. The fourth-order valence-electron chi connectivity index (χ4n) is 7.35. The Bertz CT molecular complexity index is 2550. The van der Waals surface area contributed by atoms with Crippen molar-refractivity contribution < 1.29 is 28.1 Å². The minimum absolute atomic E-state index is 0.0100. The first kappa shape index (κ1) is 43.0. The van der Waals surface area contributed by atoms with Gasteiger partial charge in [-0.1, -0.05) is 107 Å². The van der Waals surface area contributed by atoms with E-state index in [1.807, 2.05) is 97.3 Å². The zero-order valence-corrected chi connectivity index (χ0v) is 36.2. The maximum absolute atomic E-state index is 14.1. The second kappa shape index (κ2) is 18.6. The van der Waals surface area contributed by atoms with Crippen LogP contribution < -0.4 is 14.2 Å². The zero-order chi connectivity index (χ0) is 42.6. The van der Waals surface area contributed by atoms with Crippen LogP contribution in [-0.4, -0.2) is 54.7 Å². The predicted molar refractivity (Wildman–Crippen MR) is 237 cm³/mol. The van der Waals surface area contributed by atoms with E-state index in [1.54, 1.807) is 32.4 Å². The second-order valence-corrected chi connectivity index (χ2v) is 15.3. The van der Waals surface area contributed by atoms with Crippen LogP contribution in [0.5, 0.6) is 17.2 Å². The second-order valence-electron chi connectivity index (χ2n) is 13.8. The first-order chi connectivity index (χ1) is 29.0. The highest BCUT2D eigenvalue weighted by Crippen LogP contribution is 2.48. The number of fused-ring (bicyclic) bond motifs is 1. The summed E-state index contributed by atoms with van der Waals surface area (Å²) in [5.74, 6) is 1.21. The molecule has 8 nitrogen and oxygen atoms in total. The Labute approximate surface area is 368 Å². The fourth-order valence-corrected chi connectivity index (χ4v) is 8.40. The summed E-state index contributed by atoms with van der Waals surface area (Å²) in [4.78, 5) is 8.70. The number of halogens is 5. The number of methoxy groups -OCH3 is 2. The van der Waals surface area contributed by atoms with Crippen LogP contribution in [0.3, 0.4) is 0 Å². The van der Waals surface area contributed by atoms with Gasteiger partial charge >= 0.3 is 0 Å². The van der Waals surface area contributed by atoms with Crippen LogP contribution in [-0.2, 0) is 15.1 Å². The molecule has 2 heterocycles. The first-order valence-electron chi connectivity index (χ1n) is 18.8. The van der Waals surface area contributed by atoms with E-state index in [-0.39, 0.29) is 40.8 Å². The molecule has 1 atom stereocenters. The smallest absolute Gasteiger partial charge is 0.157 e. The van der Waals surface area contributed by atoms with E-state index in [4.69, 9.17) is 70.1 Å². The zero-order valence-electron chi connectivity index (χ0n) is 33.1. The van der Waals surface area contributed by atoms with Gasteiger partial charge in [0.15, 0.2) is 10.9 Å². The summed E-state index contributed by atoms with van der Waals surface area (Å²) in [7, 11) is 3.25. The van der Waals surface area contributed by atoms with Crippen molar-refractivity contribution in [3.8, 4) is 34.2 Å². The lowest BCUT2D eigenvalue weighted by molar-refractivity contribution is -0.0523. The van der Waals surface area contributed by atoms with E-state index >= 15 is 0 Å². The van der Waals surface area contributed by atoms with Crippen LogP contribution in [0.1, 0.15) is 27.8 Å². The van der Waals surface area contributed by atoms with Crippen LogP contribution in [0.2, 0.25) is 20.2 Å². The number of nitrogens with zero attached hydrogens (tertiary/aromatic N) is 3. The summed E-state index contributed by atoms with van der Waals surface area (Å²) in [6, 6.07) is 31.4. The van der Waals surface area contributed by atoms with E-state index in [2.05, 4.69) is 16.5 Å². The third-order valence-corrected chi connectivity index (χ3v) is 11.8. The molecule has 2 aromatic heterocycles. The molecule has 0 radical (unpaired) electrons. The molecular formula is C47H40Cl4FN3O5. The number of ether oxygens (including phenoxy) is 5. The lowest BCUT2D eigenvalue weighted by atomic mass is 9.80. The topological polar surface area (TPSA) is 76.9 Å². The maximum atomic E-state index is 14.1. The molecule has 13 heteroatoms. The van der Waals surface area contributed by atoms with Crippen molar-refractivity contribution in [2.45, 2.75) is 25.6 Å². The molecule has 308 valence electrons. The number of benzene rings is 5. The average Bonchev–Trinajstić information content (AvgIpc) is 3.57. The SMILES string of the molecule is C=CCOC[C@H](COC(c1ccccc1)(c1ccc(OC)cc1)c1ccc(OC)cc1)Oc1c(Cl)c(C)c(-n2c(-c3ccc(F)cc3)c(Cl)c3ncnc(Cl)c32)c(C)c1Cl. The van der Waals surface area contributed by atoms with Crippen LogP contribution in [0.15, 0.2) is 122 Å². The van der Waals surface area contributed by atoms with Gasteiger partial charge in [0, 0.05) is 5.56 Å². The van der Waals surface area contributed by atoms with Crippen LogP contribution in [0, 0.1) is 19.7 Å². The largest absolute Gasteiger partial charge is 0.497 e. The lowest BCUT2D eigenvalue weighted by Gasteiger charge is -2.37. The summed E-state index contributed by atoms with van der Waals surface area (Å²) in [5, 5.41) is 0.892. The van der Waals surface area contributed by atoms with Crippen LogP contribution in [0.4, 0.5) is 4.39 Å². The highest BCUT2D eigenvalue weighted by molar-refractivity contribution is 6.41. The van der Waals surface area contributed by atoms with E-state index in [9.17, 15) is 4.39 Å². The summed E-state index contributed by atoms with van der Waals surface area (Å²) in [6.45, 7) is 7.86. The van der Waals surface area contributed by atoms with Gasteiger partial charge in [0.2, 0.25) is 0 Å². The van der Waals surface area contributed by atoms with Crippen molar-refractivity contribution in [3.63, 3.8) is 0 Å². The molecule has 0 fully saturated rings. The van der Waals surface area contributed by atoms with Crippen molar-refractivity contribution in [2.24, 2.45) is 0 Å². The molecule has 0 saturated heterocycles. The molecule has 0 unspecified atom stereocenters. The summed E-state index contributed by atoms with van der Waals surface area (Å²) >= 11 is 28.4. The van der Waals surface area contributed by atoms with Crippen molar-refractivity contribution >= 4 is 57.4 Å². The van der Waals surface area contributed by atoms with Crippen molar-refractivity contribution in [1.29, 1.82) is 0 Å². The molecule has 0 N–H and O–H groups in total. The van der Waals surface area contributed by atoms with Crippen molar-refractivity contribution in [1.82, 2.24) is 14.5 Å². The van der Waals surface area contributed by atoms with Gasteiger partial charge in [0.05, 0.1) is 60.5 Å². The summed E-state index contributed by atoms with van der Waals surface area (Å²) in [6.07, 6.45) is 2.24. The lowest BCUT2D eigenvalue weighted by Crippen LogP contribution is -2.38. The van der Waals surface area contributed by atoms with E-state index in [0.717, 1.165) is 16.7 Å². The molecule has 0 saturated carbocycles. The summed E-state index contributed by atoms with van der Waals surface area (Å²) in [5.41, 5.74) is 5.09. The van der Waals surface area contributed by atoms with Gasteiger partial charge in [-0.2, -0.15) is 0 Å². The Morgan fingerprint density at radius 3 is 1.85 bits per heavy atom. The van der Waals surface area contributed by atoms with Crippen LogP contribution >= 0.6 is 46.4 Å². The Balaban J connectivity index is 1.35. The molecule has 0 aliphatic heterocycles. The Morgan fingerprint density at radius 1 is 0.733 bits per heavy atom. The van der Waals surface area contributed by atoms with E-state index in [0.29, 0.717) is 55.6 Å². The quantitative estimate of drug-likeness (QED) is 0.0414. The highest BCUT2D eigenvalue weighted by Gasteiger charge is 2.39. The van der Waals surface area contributed by atoms with Crippen molar-refractivity contribution in [3.05, 3.63) is 176 Å².